The summed E-state index contributed by atoms with van der Waals surface area (Å²) in [6.45, 7) is 4.18. The van der Waals surface area contributed by atoms with Crippen molar-refractivity contribution in [2.75, 3.05) is 19.8 Å². The largest absolute Gasteiger partial charge is 0.510 e. The van der Waals surface area contributed by atoms with Crippen molar-refractivity contribution >= 4 is 11.7 Å². The predicted molar refractivity (Wildman–Crippen MR) is 73.9 cm³/mol. The molecule has 1 aromatic carbocycles. The molecule has 1 N–H and O–H groups in total. The molecule has 0 radical (unpaired) electrons. The van der Waals surface area contributed by atoms with E-state index in [-0.39, 0.29) is 18.1 Å². The maximum atomic E-state index is 11.6. The lowest BCUT2D eigenvalue weighted by molar-refractivity contribution is -0.138. The summed E-state index contributed by atoms with van der Waals surface area (Å²) >= 11 is 0. The van der Waals surface area contributed by atoms with Crippen LogP contribution < -0.4 is 9.47 Å². The van der Waals surface area contributed by atoms with Crippen LogP contribution in [0.15, 0.2) is 39.9 Å². The highest BCUT2D eigenvalue weighted by molar-refractivity contribution is 5.88. The molecule has 2 rings (SSSR count). The first kappa shape index (κ1) is 14.8. The van der Waals surface area contributed by atoms with Crippen molar-refractivity contribution in [3.8, 4) is 11.5 Å². The molecule has 0 aliphatic carbocycles. The van der Waals surface area contributed by atoms with E-state index in [1.807, 2.05) is 0 Å². The molecule has 0 saturated carbocycles. The second-order valence-electron chi connectivity index (χ2n) is 4.18. The maximum absolute atomic E-state index is 11.6. The van der Waals surface area contributed by atoms with Crippen LogP contribution in [-0.4, -0.2) is 30.9 Å². The number of hydrogen-bond donors (Lipinski definition) is 1. The van der Waals surface area contributed by atoms with Crippen molar-refractivity contribution in [2.45, 2.75) is 13.8 Å². The summed E-state index contributed by atoms with van der Waals surface area (Å²) < 4.78 is 15.6. The van der Waals surface area contributed by atoms with Crippen LogP contribution in [0.4, 0.5) is 5.69 Å². The average Bonchev–Trinajstić information content (AvgIpc) is 2.47. The van der Waals surface area contributed by atoms with Gasteiger partial charge in [-0.3, -0.25) is 0 Å². The van der Waals surface area contributed by atoms with E-state index in [1.54, 1.807) is 25.1 Å². The average molecular weight is 292 g/mol. The number of esters is 1. The molecule has 0 bridgehead atoms. The molecule has 0 fully saturated rings. The molecule has 0 saturated heterocycles. The number of aliphatic hydroxyl groups excluding tert-OH is 1. The smallest absolute Gasteiger partial charge is 0.362 e. The topological polar surface area (TPSA) is 89.7 Å². The van der Waals surface area contributed by atoms with Crippen LogP contribution in [0.1, 0.15) is 13.8 Å². The summed E-state index contributed by atoms with van der Waals surface area (Å²) in [5.41, 5.74) is 0.244. The second kappa shape index (κ2) is 6.74. The first-order valence-corrected chi connectivity index (χ1v) is 6.50. The van der Waals surface area contributed by atoms with Crippen molar-refractivity contribution in [2.24, 2.45) is 10.2 Å². The van der Waals surface area contributed by atoms with Crippen LogP contribution in [0, 0.1) is 0 Å². The number of hydrogen-bond acceptors (Lipinski definition) is 7. The molecule has 112 valence electrons. The van der Waals surface area contributed by atoms with Crippen LogP contribution >= 0.6 is 0 Å². The van der Waals surface area contributed by atoms with Gasteiger partial charge in [0.05, 0.1) is 12.3 Å². The fourth-order valence-electron chi connectivity index (χ4n) is 1.66. The summed E-state index contributed by atoms with van der Waals surface area (Å²) in [6.07, 6.45) is 0. The van der Waals surface area contributed by atoms with Gasteiger partial charge in [-0.2, -0.15) is 5.11 Å². The minimum atomic E-state index is -0.723. The van der Waals surface area contributed by atoms with Gasteiger partial charge in [0, 0.05) is 6.07 Å². The SMILES string of the molecule is CCOC(=O)C(N=Nc1ccc2c(c1)OCCO2)=C(C)O. The van der Waals surface area contributed by atoms with Crippen molar-refractivity contribution in [3.63, 3.8) is 0 Å². The Kier molecular flexibility index (Phi) is 4.76. The van der Waals surface area contributed by atoms with Crippen molar-refractivity contribution in [3.05, 3.63) is 29.7 Å². The van der Waals surface area contributed by atoms with E-state index in [9.17, 15) is 9.90 Å². The maximum Gasteiger partial charge on any atom is 0.362 e. The van der Waals surface area contributed by atoms with Crippen molar-refractivity contribution in [1.29, 1.82) is 0 Å². The van der Waals surface area contributed by atoms with Gasteiger partial charge < -0.3 is 19.3 Å². The third kappa shape index (κ3) is 3.71. The molecule has 1 aliphatic heterocycles. The van der Waals surface area contributed by atoms with E-state index in [0.717, 1.165) is 0 Å². The van der Waals surface area contributed by atoms with Crippen LogP contribution in [0.5, 0.6) is 11.5 Å². The van der Waals surface area contributed by atoms with Gasteiger partial charge in [-0.1, -0.05) is 0 Å². The molecule has 0 unspecified atom stereocenters. The normalized spacial score (nSPS) is 14.8. The van der Waals surface area contributed by atoms with Gasteiger partial charge in [0.1, 0.15) is 19.0 Å². The molecule has 0 spiro atoms. The predicted octanol–water partition coefficient (Wildman–Crippen LogP) is 2.89. The molecule has 0 amide bonds. The monoisotopic (exact) mass is 292 g/mol. The highest BCUT2D eigenvalue weighted by Crippen LogP contribution is 2.33. The van der Waals surface area contributed by atoms with Gasteiger partial charge in [-0.25, -0.2) is 4.79 Å². The Morgan fingerprint density at radius 1 is 1.33 bits per heavy atom. The number of fused-ring (bicyclic) bond motifs is 1. The Bertz CT molecular complexity index is 591. The zero-order valence-electron chi connectivity index (χ0n) is 11.8. The van der Waals surface area contributed by atoms with Crippen molar-refractivity contribution in [1.82, 2.24) is 0 Å². The van der Waals surface area contributed by atoms with Gasteiger partial charge in [-0.15, -0.1) is 5.11 Å². The summed E-state index contributed by atoms with van der Waals surface area (Å²) in [6, 6.07) is 5.03. The number of ether oxygens (including phenoxy) is 3. The van der Waals surface area contributed by atoms with E-state index in [2.05, 4.69) is 10.2 Å². The molecule has 7 nitrogen and oxygen atoms in total. The molecule has 7 heteroatoms. The number of carbonyl (C=O) groups is 1. The lowest BCUT2D eigenvalue weighted by Gasteiger charge is -2.17. The van der Waals surface area contributed by atoms with E-state index in [0.29, 0.717) is 30.4 Å². The van der Waals surface area contributed by atoms with E-state index < -0.39 is 5.97 Å². The standard InChI is InChI=1S/C14H16N2O5/c1-3-19-14(18)13(9(2)17)16-15-10-4-5-11-12(8-10)21-7-6-20-11/h4-5,8,17H,3,6-7H2,1-2H3. The summed E-state index contributed by atoms with van der Waals surface area (Å²) in [5.74, 6) is 0.230. The number of allylic oxidation sites excluding steroid dienone is 1. The molecule has 1 aromatic rings. The molecule has 1 heterocycles. The van der Waals surface area contributed by atoms with Gasteiger partial charge in [0.2, 0.25) is 5.70 Å². The fourth-order valence-corrected chi connectivity index (χ4v) is 1.66. The van der Waals surface area contributed by atoms with Crippen molar-refractivity contribution < 1.29 is 24.1 Å². The number of rotatable bonds is 4. The van der Waals surface area contributed by atoms with Gasteiger partial charge in [0.15, 0.2) is 11.5 Å². The molecular weight excluding hydrogens is 276 g/mol. The third-order valence-electron chi connectivity index (χ3n) is 2.60. The third-order valence-corrected chi connectivity index (χ3v) is 2.60. The lowest BCUT2D eigenvalue weighted by Crippen LogP contribution is -2.14. The molecule has 1 aliphatic rings. The highest BCUT2D eigenvalue weighted by Gasteiger charge is 2.15. The fraction of sp³-hybridized carbons (Fsp3) is 0.357. The van der Waals surface area contributed by atoms with Crippen LogP contribution in [0.3, 0.4) is 0 Å². The number of benzene rings is 1. The minimum Gasteiger partial charge on any atom is -0.510 e. The zero-order chi connectivity index (χ0) is 15.2. The minimum absolute atomic E-state index is 0.190. The molecular formula is C14H16N2O5. The lowest BCUT2D eigenvalue weighted by atomic mass is 10.2. The Morgan fingerprint density at radius 3 is 2.71 bits per heavy atom. The highest BCUT2D eigenvalue weighted by atomic mass is 16.6. The second-order valence-corrected chi connectivity index (χ2v) is 4.18. The van der Waals surface area contributed by atoms with E-state index >= 15 is 0 Å². The summed E-state index contributed by atoms with van der Waals surface area (Å²) in [7, 11) is 0. The molecule has 21 heavy (non-hydrogen) atoms. The van der Waals surface area contributed by atoms with Crippen LogP contribution in [0.2, 0.25) is 0 Å². The van der Waals surface area contributed by atoms with Crippen LogP contribution in [-0.2, 0) is 9.53 Å². The summed E-state index contributed by atoms with van der Waals surface area (Å²) in [4.78, 5) is 11.6. The first-order chi connectivity index (χ1) is 10.1. The van der Waals surface area contributed by atoms with Gasteiger partial charge in [0.25, 0.3) is 0 Å². The Morgan fingerprint density at radius 2 is 2.05 bits per heavy atom. The first-order valence-electron chi connectivity index (χ1n) is 6.50. The summed E-state index contributed by atoms with van der Waals surface area (Å²) in [5, 5.41) is 17.1. The number of nitrogens with zero attached hydrogens (tertiary/aromatic N) is 2. The van der Waals surface area contributed by atoms with E-state index in [1.165, 1.54) is 6.92 Å². The molecule has 0 aromatic heterocycles. The van der Waals surface area contributed by atoms with Crippen LogP contribution in [0.25, 0.3) is 0 Å². The quantitative estimate of drug-likeness (QED) is 0.399. The van der Waals surface area contributed by atoms with Gasteiger partial charge in [-0.05, 0) is 26.0 Å². The number of aliphatic hydroxyl groups is 1. The Balaban J connectivity index is 2.19. The molecule has 0 atom stereocenters. The Hall–Kier alpha value is -2.57. The van der Waals surface area contributed by atoms with Gasteiger partial charge >= 0.3 is 5.97 Å². The number of carbonyl (C=O) groups excluding carboxylic acids is 1. The zero-order valence-corrected chi connectivity index (χ0v) is 11.8. The number of azo groups is 1. The van der Waals surface area contributed by atoms with E-state index in [4.69, 9.17) is 14.2 Å². The Labute approximate surface area is 121 Å².